The van der Waals surface area contributed by atoms with Gasteiger partial charge in [-0.15, -0.1) is 11.8 Å². The van der Waals surface area contributed by atoms with Crippen molar-refractivity contribution < 1.29 is 9.90 Å². The molecule has 1 unspecified atom stereocenters. The van der Waals surface area contributed by atoms with E-state index in [-0.39, 0.29) is 12.5 Å². The average Bonchev–Trinajstić information content (AvgIpc) is 2.29. The fourth-order valence-corrected chi connectivity index (χ4v) is 2.59. The van der Waals surface area contributed by atoms with Gasteiger partial charge in [-0.1, -0.05) is 0 Å². The Bertz CT molecular complexity index is 226. The van der Waals surface area contributed by atoms with Gasteiger partial charge in [-0.3, -0.25) is 4.79 Å². The lowest BCUT2D eigenvalue weighted by atomic mass is 10.2. The molecular weight excluding hydrogens is 162 g/mol. The van der Waals surface area contributed by atoms with Gasteiger partial charge in [0.15, 0.2) is 0 Å². The van der Waals surface area contributed by atoms with E-state index in [2.05, 4.69) is 0 Å². The zero-order valence-electron chi connectivity index (χ0n) is 5.99. The van der Waals surface area contributed by atoms with E-state index in [1.807, 2.05) is 4.90 Å². The second-order valence-electron chi connectivity index (χ2n) is 2.65. The Morgan fingerprint density at radius 3 is 3.18 bits per heavy atom. The number of fused-ring (bicyclic) bond motifs is 1. The molecule has 60 valence electrons. The molecule has 0 aromatic carbocycles. The molecule has 0 aliphatic carbocycles. The minimum Gasteiger partial charge on any atom is -0.392 e. The Labute approximate surface area is 69.1 Å². The highest BCUT2D eigenvalue weighted by Gasteiger charge is 2.42. The average molecular weight is 171 g/mol. The van der Waals surface area contributed by atoms with Crippen molar-refractivity contribution in [1.29, 1.82) is 0 Å². The van der Waals surface area contributed by atoms with Crippen LogP contribution in [0.3, 0.4) is 0 Å². The topological polar surface area (TPSA) is 40.5 Å². The van der Waals surface area contributed by atoms with Gasteiger partial charge in [-0.05, 0) is 6.08 Å². The minimum absolute atomic E-state index is 0.0804. The molecule has 2 fully saturated rings. The molecule has 2 rings (SSSR count). The predicted octanol–water partition coefficient (Wildman–Crippen LogP) is 0.168. The van der Waals surface area contributed by atoms with Crippen LogP contribution in [-0.4, -0.2) is 34.4 Å². The van der Waals surface area contributed by atoms with E-state index in [9.17, 15) is 4.79 Å². The van der Waals surface area contributed by atoms with Crippen molar-refractivity contribution in [3.8, 4) is 0 Å². The van der Waals surface area contributed by atoms with E-state index in [1.165, 1.54) is 0 Å². The molecule has 2 heterocycles. The van der Waals surface area contributed by atoms with Gasteiger partial charge >= 0.3 is 0 Å². The standard InChI is InChI=1S/C7H9NO2S/c9-2-1-5-4-8-6(10)3-7(8)11-5/h1,7,9H,2-4H2/b5-1-. The summed E-state index contributed by atoms with van der Waals surface area (Å²) in [4.78, 5) is 13.9. The predicted molar refractivity (Wildman–Crippen MR) is 42.9 cm³/mol. The number of rotatable bonds is 1. The Kier molecular flexibility index (Phi) is 1.65. The van der Waals surface area contributed by atoms with E-state index >= 15 is 0 Å². The molecule has 2 aliphatic rings. The van der Waals surface area contributed by atoms with Crippen LogP contribution in [0, 0.1) is 0 Å². The fourth-order valence-electron chi connectivity index (χ4n) is 1.31. The number of hydrogen-bond acceptors (Lipinski definition) is 3. The molecule has 0 radical (unpaired) electrons. The zero-order chi connectivity index (χ0) is 7.84. The summed E-state index contributed by atoms with van der Waals surface area (Å²) < 4.78 is 0. The molecule has 0 aromatic heterocycles. The highest BCUT2D eigenvalue weighted by atomic mass is 32.2. The quantitative estimate of drug-likeness (QED) is 0.572. The first-order chi connectivity index (χ1) is 5.31. The smallest absolute Gasteiger partial charge is 0.226 e. The van der Waals surface area contributed by atoms with Crippen LogP contribution in [0.2, 0.25) is 0 Å². The van der Waals surface area contributed by atoms with Crippen molar-refractivity contribution >= 4 is 17.7 Å². The molecule has 0 aromatic rings. The summed E-state index contributed by atoms with van der Waals surface area (Å²) in [6.07, 6.45) is 2.45. The molecule has 11 heavy (non-hydrogen) atoms. The Morgan fingerprint density at radius 1 is 1.82 bits per heavy atom. The second kappa shape index (κ2) is 2.53. The third-order valence-corrected chi connectivity index (χ3v) is 3.24. The van der Waals surface area contributed by atoms with Gasteiger partial charge in [0.2, 0.25) is 5.91 Å². The van der Waals surface area contributed by atoms with E-state index in [0.717, 1.165) is 4.91 Å². The van der Waals surface area contributed by atoms with Crippen LogP contribution < -0.4 is 0 Å². The molecule has 4 heteroatoms. The zero-order valence-corrected chi connectivity index (χ0v) is 6.80. The van der Waals surface area contributed by atoms with Gasteiger partial charge in [0, 0.05) is 4.91 Å². The van der Waals surface area contributed by atoms with E-state index in [1.54, 1.807) is 17.8 Å². The molecule has 2 aliphatic heterocycles. The third-order valence-electron chi connectivity index (χ3n) is 1.95. The van der Waals surface area contributed by atoms with Gasteiger partial charge in [0.1, 0.15) is 0 Å². The van der Waals surface area contributed by atoms with Crippen LogP contribution in [0.25, 0.3) is 0 Å². The number of carbonyl (C=O) groups excluding carboxylic acids is 1. The number of β-lactam (4-membered cyclic amide) rings is 1. The van der Waals surface area contributed by atoms with Crippen LogP contribution in [-0.2, 0) is 4.79 Å². The van der Waals surface area contributed by atoms with Crippen LogP contribution >= 0.6 is 11.8 Å². The van der Waals surface area contributed by atoms with Gasteiger partial charge in [-0.25, -0.2) is 0 Å². The Hall–Kier alpha value is -0.480. The van der Waals surface area contributed by atoms with Crippen molar-refractivity contribution in [2.75, 3.05) is 13.2 Å². The van der Waals surface area contributed by atoms with E-state index < -0.39 is 0 Å². The van der Waals surface area contributed by atoms with Gasteiger partial charge < -0.3 is 10.0 Å². The molecule has 1 atom stereocenters. The first-order valence-corrected chi connectivity index (χ1v) is 4.45. The largest absolute Gasteiger partial charge is 0.392 e. The van der Waals surface area contributed by atoms with Crippen LogP contribution in [0.1, 0.15) is 6.42 Å². The van der Waals surface area contributed by atoms with Crippen LogP contribution in [0.15, 0.2) is 11.0 Å². The second-order valence-corrected chi connectivity index (χ2v) is 3.96. The lowest BCUT2D eigenvalue weighted by molar-refractivity contribution is -0.140. The maximum atomic E-state index is 10.9. The third kappa shape index (κ3) is 1.06. The number of hydrogen-bond donors (Lipinski definition) is 1. The SMILES string of the molecule is O=C1CC2S/C(=C\CO)CN12. The summed E-state index contributed by atoms with van der Waals surface area (Å²) in [7, 11) is 0. The van der Waals surface area contributed by atoms with E-state index in [0.29, 0.717) is 18.3 Å². The Balaban J connectivity index is 2.04. The number of nitrogens with zero attached hydrogens (tertiary/aromatic N) is 1. The number of carbonyl (C=O) groups is 1. The van der Waals surface area contributed by atoms with Crippen LogP contribution in [0.4, 0.5) is 0 Å². The first-order valence-electron chi connectivity index (χ1n) is 3.57. The monoisotopic (exact) mass is 171 g/mol. The summed E-state index contributed by atoms with van der Waals surface area (Å²) in [5.74, 6) is 0.240. The van der Waals surface area contributed by atoms with Gasteiger partial charge in [0.25, 0.3) is 0 Å². The summed E-state index contributed by atoms with van der Waals surface area (Å²) in [5.41, 5.74) is 0. The highest BCUT2D eigenvalue weighted by Crippen LogP contribution is 2.41. The first kappa shape index (κ1) is 7.18. The molecule has 2 saturated heterocycles. The van der Waals surface area contributed by atoms with Gasteiger partial charge in [-0.2, -0.15) is 0 Å². The summed E-state index contributed by atoms with van der Waals surface area (Å²) in [6, 6.07) is 0. The van der Waals surface area contributed by atoms with Crippen molar-refractivity contribution in [2.24, 2.45) is 0 Å². The minimum atomic E-state index is 0.0804. The highest BCUT2D eigenvalue weighted by molar-refractivity contribution is 8.04. The number of amides is 1. The maximum Gasteiger partial charge on any atom is 0.226 e. The van der Waals surface area contributed by atoms with Crippen molar-refractivity contribution in [2.45, 2.75) is 11.8 Å². The normalized spacial score (nSPS) is 32.5. The van der Waals surface area contributed by atoms with Crippen molar-refractivity contribution in [1.82, 2.24) is 4.90 Å². The molecule has 0 bridgehead atoms. The lowest BCUT2D eigenvalue weighted by Crippen LogP contribution is -2.46. The van der Waals surface area contributed by atoms with Gasteiger partial charge in [0.05, 0.1) is 24.9 Å². The summed E-state index contributed by atoms with van der Waals surface area (Å²) in [5, 5.41) is 8.97. The molecule has 3 nitrogen and oxygen atoms in total. The van der Waals surface area contributed by atoms with Crippen LogP contribution in [0.5, 0.6) is 0 Å². The molecule has 1 amide bonds. The molecule has 1 N–H and O–H groups in total. The number of aliphatic hydroxyl groups is 1. The van der Waals surface area contributed by atoms with Crippen molar-refractivity contribution in [3.63, 3.8) is 0 Å². The molecule has 0 spiro atoms. The summed E-state index contributed by atoms with van der Waals surface area (Å²) >= 11 is 1.69. The molecule has 0 saturated carbocycles. The number of thioether (sulfide) groups is 1. The number of aliphatic hydroxyl groups excluding tert-OH is 1. The van der Waals surface area contributed by atoms with E-state index in [4.69, 9.17) is 5.11 Å². The maximum absolute atomic E-state index is 10.9. The lowest BCUT2D eigenvalue weighted by Gasteiger charge is -2.32. The Morgan fingerprint density at radius 2 is 2.64 bits per heavy atom. The summed E-state index contributed by atoms with van der Waals surface area (Å²) in [6.45, 7) is 0.797. The van der Waals surface area contributed by atoms with Crippen molar-refractivity contribution in [3.05, 3.63) is 11.0 Å². The molecular formula is C7H9NO2S. The fraction of sp³-hybridized carbons (Fsp3) is 0.571.